The number of hydrogen-bond donors (Lipinski definition) is 1. The molecule has 180 valence electrons. The largest absolute Gasteiger partial charge is 0.301 e. The summed E-state index contributed by atoms with van der Waals surface area (Å²) in [6.45, 7) is 8.12. The molecule has 0 radical (unpaired) electrons. The molecule has 0 unspecified atom stereocenters. The van der Waals surface area contributed by atoms with Crippen molar-refractivity contribution in [1.29, 1.82) is 0 Å². The first-order valence-electron chi connectivity index (χ1n) is 11.5. The lowest BCUT2D eigenvalue weighted by Crippen LogP contribution is -2.60. The Balaban J connectivity index is 1.56. The number of benzene rings is 2. The molecule has 1 fully saturated rings. The first kappa shape index (κ1) is 24.4. The molecule has 4 rings (SSSR count). The van der Waals surface area contributed by atoms with Gasteiger partial charge in [-0.1, -0.05) is 41.9 Å². The van der Waals surface area contributed by atoms with Gasteiger partial charge in [0.1, 0.15) is 13.1 Å². The second-order valence-electron chi connectivity index (χ2n) is 10.1. The van der Waals surface area contributed by atoms with E-state index in [1.807, 2.05) is 35.4 Å². The smallest absolute Gasteiger partial charge is 0.265 e. The number of carbonyl (C=O) groups is 2. The zero-order chi connectivity index (χ0) is 24.5. The van der Waals surface area contributed by atoms with Crippen LogP contribution in [0, 0.1) is 0 Å². The number of nitrogens with zero attached hydrogens (tertiary/aromatic N) is 3. The SMILES string of the molecule is CC1(C)CCCC(C)(C)N1ONC(=O)CN1C(=O)CN=C(c2ccccc2)c2cc(Cl)ccc21. The van der Waals surface area contributed by atoms with Crippen molar-refractivity contribution < 1.29 is 14.5 Å². The predicted molar refractivity (Wildman–Crippen MR) is 134 cm³/mol. The van der Waals surface area contributed by atoms with E-state index in [1.54, 1.807) is 18.2 Å². The van der Waals surface area contributed by atoms with Crippen LogP contribution >= 0.6 is 11.6 Å². The van der Waals surface area contributed by atoms with Crippen LogP contribution in [0.4, 0.5) is 5.69 Å². The average molecular weight is 483 g/mol. The number of amides is 2. The first-order valence-corrected chi connectivity index (χ1v) is 11.9. The van der Waals surface area contributed by atoms with Crippen LogP contribution in [0.3, 0.4) is 0 Å². The van der Waals surface area contributed by atoms with Gasteiger partial charge in [-0.2, -0.15) is 10.0 Å². The number of fused-ring (bicyclic) bond motifs is 1. The summed E-state index contributed by atoms with van der Waals surface area (Å²) in [7, 11) is 0. The molecular weight excluding hydrogens is 452 g/mol. The van der Waals surface area contributed by atoms with Gasteiger partial charge in [0.2, 0.25) is 5.91 Å². The van der Waals surface area contributed by atoms with Gasteiger partial charge in [-0.25, -0.2) is 5.48 Å². The number of hydroxylamine groups is 3. The maximum absolute atomic E-state index is 13.0. The number of nitrogens with one attached hydrogen (secondary N) is 1. The third kappa shape index (κ3) is 5.02. The lowest BCUT2D eigenvalue weighted by molar-refractivity contribution is -0.308. The number of halogens is 1. The van der Waals surface area contributed by atoms with Gasteiger partial charge < -0.3 is 4.90 Å². The Kier molecular flexibility index (Phi) is 6.80. The second-order valence-corrected chi connectivity index (χ2v) is 10.5. The highest BCUT2D eigenvalue weighted by atomic mass is 35.5. The summed E-state index contributed by atoms with van der Waals surface area (Å²) in [5.41, 5.74) is 4.95. The van der Waals surface area contributed by atoms with E-state index in [9.17, 15) is 9.59 Å². The van der Waals surface area contributed by atoms with Gasteiger partial charge in [-0.05, 0) is 65.2 Å². The van der Waals surface area contributed by atoms with Crippen LogP contribution in [-0.2, 0) is 14.5 Å². The van der Waals surface area contributed by atoms with Gasteiger partial charge in [-0.15, -0.1) is 0 Å². The molecule has 2 amide bonds. The Morgan fingerprint density at radius 3 is 2.44 bits per heavy atom. The Morgan fingerprint density at radius 1 is 1.09 bits per heavy atom. The number of hydrogen-bond acceptors (Lipinski definition) is 5. The maximum atomic E-state index is 13.0. The molecular formula is C26H31ClN4O3. The molecule has 0 aromatic heterocycles. The molecule has 1 N–H and O–H groups in total. The fourth-order valence-electron chi connectivity index (χ4n) is 4.90. The average Bonchev–Trinajstić information content (AvgIpc) is 2.89. The van der Waals surface area contributed by atoms with Crippen LogP contribution in [0.1, 0.15) is 58.1 Å². The van der Waals surface area contributed by atoms with Crippen molar-refractivity contribution >= 4 is 34.8 Å². The van der Waals surface area contributed by atoms with Crippen molar-refractivity contribution in [2.75, 3.05) is 18.0 Å². The number of rotatable bonds is 5. The molecule has 0 saturated carbocycles. The standard InChI is InChI=1S/C26H31ClN4O3/c1-25(2)13-8-14-26(3,4)31(25)34-29-22(32)17-30-21-12-11-19(27)15-20(21)24(28-16-23(30)33)18-9-6-5-7-10-18/h5-7,9-12,15H,8,13-14,16-17H2,1-4H3,(H,29,32). The van der Waals surface area contributed by atoms with Gasteiger partial charge in [0.25, 0.3) is 5.91 Å². The summed E-state index contributed by atoms with van der Waals surface area (Å²) in [6, 6.07) is 14.9. The van der Waals surface area contributed by atoms with Gasteiger partial charge in [0.05, 0.1) is 11.4 Å². The van der Waals surface area contributed by atoms with E-state index < -0.39 is 5.91 Å². The summed E-state index contributed by atoms with van der Waals surface area (Å²) in [6.07, 6.45) is 3.02. The molecule has 7 nitrogen and oxygen atoms in total. The van der Waals surface area contributed by atoms with E-state index in [0.29, 0.717) is 22.0 Å². The molecule has 2 aromatic carbocycles. The monoisotopic (exact) mass is 482 g/mol. The third-order valence-corrected chi connectivity index (χ3v) is 6.69. The summed E-state index contributed by atoms with van der Waals surface area (Å²) in [5.74, 6) is -0.696. The molecule has 34 heavy (non-hydrogen) atoms. The fourth-order valence-corrected chi connectivity index (χ4v) is 5.07. The van der Waals surface area contributed by atoms with Crippen molar-refractivity contribution in [2.45, 2.75) is 58.0 Å². The van der Waals surface area contributed by atoms with E-state index in [2.05, 4.69) is 38.2 Å². The van der Waals surface area contributed by atoms with Crippen molar-refractivity contribution in [3.8, 4) is 0 Å². The van der Waals surface area contributed by atoms with Crippen molar-refractivity contribution in [3.05, 3.63) is 64.7 Å². The van der Waals surface area contributed by atoms with E-state index in [4.69, 9.17) is 16.5 Å². The third-order valence-electron chi connectivity index (χ3n) is 6.45. The van der Waals surface area contributed by atoms with E-state index in [1.165, 1.54) is 4.90 Å². The fraction of sp³-hybridized carbons (Fsp3) is 0.423. The topological polar surface area (TPSA) is 74.2 Å². The molecule has 8 heteroatoms. The minimum Gasteiger partial charge on any atom is -0.301 e. The Hall–Kier alpha value is -2.74. The van der Waals surface area contributed by atoms with Crippen LogP contribution in [0.2, 0.25) is 5.02 Å². The molecule has 0 aliphatic carbocycles. The van der Waals surface area contributed by atoms with E-state index in [-0.39, 0.29) is 30.1 Å². The zero-order valence-corrected chi connectivity index (χ0v) is 20.9. The number of piperidine rings is 1. The number of carbonyl (C=O) groups excluding carboxylic acids is 2. The summed E-state index contributed by atoms with van der Waals surface area (Å²) in [4.78, 5) is 37.8. The molecule has 0 atom stereocenters. The zero-order valence-electron chi connectivity index (χ0n) is 20.1. The van der Waals surface area contributed by atoms with Crippen LogP contribution in [0.15, 0.2) is 53.5 Å². The number of aliphatic imine (C=N–C) groups is 1. The normalized spacial score (nSPS) is 19.7. The first-order chi connectivity index (χ1) is 16.1. The summed E-state index contributed by atoms with van der Waals surface area (Å²) in [5, 5.41) is 2.38. The van der Waals surface area contributed by atoms with Gasteiger partial charge in [0.15, 0.2) is 0 Å². The quantitative estimate of drug-likeness (QED) is 0.635. The lowest BCUT2D eigenvalue weighted by atomic mass is 9.82. The van der Waals surface area contributed by atoms with Crippen LogP contribution in [-0.4, -0.2) is 46.8 Å². The van der Waals surface area contributed by atoms with E-state index in [0.717, 1.165) is 24.8 Å². The molecule has 1 saturated heterocycles. The Morgan fingerprint density at radius 2 is 1.76 bits per heavy atom. The van der Waals surface area contributed by atoms with Crippen LogP contribution in [0.25, 0.3) is 0 Å². The van der Waals surface area contributed by atoms with Crippen molar-refractivity contribution in [3.63, 3.8) is 0 Å². The van der Waals surface area contributed by atoms with Crippen LogP contribution < -0.4 is 10.4 Å². The summed E-state index contributed by atoms with van der Waals surface area (Å²) < 4.78 is 0. The summed E-state index contributed by atoms with van der Waals surface area (Å²) >= 11 is 6.30. The molecule has 2 aromatic rings. The molecule has 2 heterocycles. The molecule has 2 aliphatic rings. The number of anilines is 1. The highest BCUT2D eigenvalue weighted by Gasteiger charge is 2.43. The molecule has 0 bridgehead atoms. The van der Waals surface area contributed by atoms with Crippen molar-refractivity contribution in [1.82, 2.24) is 10.5 Å². The predicted octanol–water partition coefficient (Wildman–Crippen LogP) is 4.53. The van der Waals surface area contributed by atoms with Gasteiger partial charge in [0, 0.05) is 27.2 Å². The van der Waals surface area contributed by atoms with Gasteiger partial charge >= 0.3 is 0 Å². The second kappa shape index (κ2) is 9.49. The molecule has 0 spiro atoms. The maximum Gasteiger partial charge on any atom is 0.265 e. The minimum absolute atomic E-state index is 0.0726. The minimum atomic E-state index is -0.422. The number of benzodiazepines with no additional fused rings is 1. The highest BCUT2D eigenvalue weighted by Crippen LogP contribution is 2.38. The molecule has 2 aliphatic heterocycles. The Labute approximate surface area is 205 Å². The Bertz CT molecular complexity index is 1100. The van der Waals surface area contributed by atoms with Crippen molar-refractivity contribution in [2.24, 2.45) is 4.99 Å². The van der Waals surface area contributed by atoms with Crippen LogP contribution in [0.5, 0.6) is 0 Å². The van der Waals surface area contributed by atoms with E-state index >= 15 is 0 Å². The highest BCUT2D eigenvalue weighted by molar-refractivity contribution is 6.32. The van der Waals surface area contributed by atoms with Gasteiger partial charge in [-0.3, -0.25) is 14.6 Å². The lowest BCUT2D eigenvalue weighted by Gasteiger charge is -2.50.